The predicted octanol–water partition coefficient (Wildman–Crippen LogP) is 9.27. The summed E-state index contributed by atoms with van der Waals surface area (Å²) in [6.45, 7) is 3.84. The minimum atomic E-state index is -4.36. The van der Waals surface area contributed by atoms with Gasteiger partial charge in [0.1, 0.15) is 0 Å². The molecule has 8 nitrogen and oxygen atoms in total. The molecule has 0 heterocycles. The first-order valence-corrected chi connectivity index (χ1v) is 19.4. The Hall–Kier alpha value is -2.58. The molecule has 0 fully saturated rings. The highest BCUT2D eigenvalue weighted by Crippen LogP contribution is 2.43. The Bertz CT molecular complexity index is 1060. The maximum absolute atomic E-state index is 12.6. The average molecular weight is 689 g/mol. The van der Waals surface area contributed by atoms with Gasteiger partial charge in [-0.2, -0.15) is 0 Å². The number of hydrogen-bond acceptors (Lipinski definition) is 6. The Balaban J connectivity index is 4.55. The predicted molar refractivity (Wildman–Crippen MR) is 202 cm³/mol. The summed E-state index contributed by atoms with van der Waals surface area (Å²) < 4.78 is 21.9. The van der Waals surface area contributed by atoms with Crippen molar-refractivity contribution >= 4 is 13.7 Å². The summed E-state index contributed by atoms with van der Waals surface area (Å²) in [6.07, 6.45) is 46.1. The van der Waals surface area contributed by atoms with Gasteiger partial charge in [-0.3, -0.25) is 13.8 Å². The first-order chi connectivity index (χ1) is 23.4. The SMILES string of the molecule is CC/C=C\C/C=C\C/C=C\C/C=C\C/C=C\CCCC(=O)NC(COP(=O)(O)OCCN)C(O)/C=C/CC/C=C/CC/C=C/CCCC. The summed E-state index contributed by atoms with van der Waals surface area (Å²) in [5.74, 6) is -0.272. The molecular weight excluding hydrogens is 623 g/mol. The molecule has 5 N–H and O–H groups in total. The number of unbranched alkanes of at least 4 members (excludes halogenated alkanes) is 5. The van der Waals surface area contributed by atoms with Crippen LogP contribution >= 0.6 is 7.82 Å². The lowest BCUT2D eigenvalue weighted by molar-refractivity contribution is -0.122. The maximum Gasteiger partial charge on any atom is 0.472 e. The molecule has 0 bridgehead atoms. The summed E-state index contributed by atoms with van der Waals surface area (Å²) >= 11 is 0. The Morgan fingerprint density at radius 1 is 0.708 bits per heavy atom. The number of phosphoric acid groups is 1. The zero-order valence-electron chi connectivity index (χ0n) is 29.7. The van der Waals surface area contributed by atoms with Gasteiger partial charge in [-0.15, -0.1) is 0 Å². The van der Waals surface area contributed by atoms with Crippen molar-refractivity contribution in [2.45, 2.75) is 122 Å². The van der Waals surface area contributed by atoms with E-state index >= 15 is 0 Å². The number of rotatable bonds is 31. The second-order valence-corrected chi connectivity index (χ2v) is 12.8. The molecular formula is C39H65N2O6P. The Morgan fingerprint density at radius 2 is 1.19 bits per heavy atom. The molecule has 1 amide bonds. The van der Waals surface area contributed by atoms with Crippen molar-refractivity contribution in [3.8, 4) is 0 Å². The van der Waals surface area contributed by atoms with Crippen molar-refractivity contribution in [1.29, 1.82) is 0 Å². The molecule has 0 aromatic carbocycles. The van der Waals surface area contributed by atoms with E-state index in [9.17, 15) is 19.4 Å². The highest BCUT2D eigenvalue weighted by atomic mass is 31.2. The van der Waals surface area contributed by atoms with Crippen LogP contribution in [-0.2, 0) is 18.4 Å². The summed E-state index contributed by atoms with van der Waals surface area (Å²) in [6, 6.07) is -0.917. The highest BCUT2D eigenvalue weighted by Gasteiger charge is 2.26. The molecule has 0 rings (SSSR count). The van der Waals surface area contributed by atoms with Gasteiger partial charge >= 0.3 is 7.82 Å². The quantitative estimate of drug-likeness (QED) is 0.0324. The summed E-state index contributed by atoms with van der Waals surface area (Å²) in [7, 11) is -4.36. The lowest BCUT2D eigenvalue weighted by Crippen LogP contribution is -2.45. The van der Waals surface area contributed by atoms with Crippen LogP contribution < -0.4 is 11.1 Å². The highest BCUT2D eigenvalue weighted by molar-refractivity contribution is 7.47. The molecule has 0 aromatic rings. The number of carbonyl (C=O) groups excluding carboxylic acids is 1. The average Bonchev–Trinajstić information content (AvgIpc) is 3.07. The van der Waals surface area contributed by atoms with Crippen molar-refractivity contribution in [1.82, 2.24) is 5.32 Å². The van der Waals surface area contributed by atoms with Crippen molar-refractivity contribution in [3.63, 3.8) is 0 Å². The number of carbonyl (C=O) groups is 1. The molecule has 48 heavy (non-hydrogen) atoms. The van der Waals surface area contributed by atoms with Crippen LogP contribution in [0.5, 0.6) is 0 Å². The summed E-state index contributed by atoms with van der Waals surface area (Å²) in [4.78, 5) is 22.5. The number of phosphoric ester groups is 1. The van der Waals surface area contributed by atoms with Crippen molar-refractivity contribution in [3.05, 3.63) is 97.2 Å². The smallest absolute Gasteiger partial charge is 0.387 e. The molecule has 0 aliphatic rings. The molecule has 9 heteroatoms. The van der Waals surface area contributed by atoms with Gasteiger partial charge in [-0.25, -0.2) is 4.57 Å². The minimum Gasteiger partial charge on any atom is -0.387 e. The fourth-order valence-corrected chi connectivity index (χ4v) is 4.94. The first-order valence-electron chi connectivity index (χ1n) is 17.9. The van der Waals surface area contributed by atoms with E-state index in [4.69, 9.17) is 14.8 Å². The molecule has 3 unspecified atom stereocenters. The zero-order valence-corrected chi connectivity index (χ0v) is 30.6. The number of amides is 1. The monoisotopic (exact) mass is 688 g/mol. The van der Waals surface area contributed by atoms with Gasteiger partial charge in [-0.1, -0.05) is 124 Å². The fourth-order valence-electron chi connectivity index (χ4n) is 4.18. The largest absolute Gasteiger partial charge is 0.472 e. The van der Waals surface area contributed by atoms with Gasteiger partial charge < -0.3 is 21.1 Å². The zero-order chi connectivity index (χ0) is 35.4. The van der Waals surface area contributed by atoms with E-state index in [-0.39, 0.29) is 25.5 Å². The van der Waals surface area contributed by atoms with Gasteiger partial charge in [0.25, 0.3) is 0 Å². The molecule has 0 saturated carbocycles. The third-order valence-corrected chi connectivity index (χ3v) is 7.86. The third-order valence-electron chi connectivity index (χ3n) is 6.87. The molecule has 0 radical (unpaired) electrons. The number of allylic oxidation sites excluding steroid dienone is 15. The number of nitrogens with one attached hydrogen (secondary N) is 1. The van der Waals surface area contributed by atoms with Crippen molar-refractivity contribution in [2.75, 3.05) is 19.8 Å². The second-order valence-electron chi connectivity index (χ2n) is 11.3. The molecule has 3 atom stereocenters. The van der Waals surface area contributed by atoms with E-state index in [0.717, 1.165) is 64.2 Å². The van der Waals surface area contributed by atoms with E-state index in [0.29, 0.717) is 12.8 Å². The van der Waals surface area contributed by atoms with Gasteiger partial charge in [0.05, 0.1) is 25.4 Å². The molecule has 272 valence electrons. The van der Waals surface area contributed by atoms with E-state index in [2.05, 4.69) is 104 Å². The normalized spacial score (nSPS) is 15.5. The van der Waals surface area contributed by atoms with E-state index in [1.165, 1.54) is 12.8 Å². The van der Waals surface area contributed by atoms with E-state index in [1.54, 1.807) is 6.08 Å². The van der Waals surface area contributed by atoms with E-state index < -0.39 is 26.6 Å². The molecule has 0 aliphatic heterocycles. The van der Waals surface area contributed by atoms with Crippen molar-refractivity contribution < 1.29 is 28.4 Å². The van der Waals surface area contributed by atoms with Crippen LogP contribution in [0.1, 0.15) is 110 Å². The topological polar surface area (TPSA) is 131 Å². The van der Waals surface area contributed by atoms with Gasteiger partial charge in [0, 0.05) is 13.0 Å². The molecule has 0 spiro atoms. The van der Waals surface area contributed by atoms with Gasteiger partial charge in [0.2, 0.25) is 5.91 Å². The van der Waals surface area contributed by atoms with Crippen LogP contribution in [0.3, 0.4) is 0 Å². The van der Waals surface area contributed by atoms with Crippen LogP contribution in [0.2, 0.25) is 0 Å². The molecule has 0 aromatic heterocycles. The van der Waals surface area contributed by atoms with Gasteiger partial charge in [0.15, 0.2) is 0 Å². The maximum atomic E-state index is 12.6. The number of hydrogen-bond donors (Lipinski definition) is 4. The number of aliphatic hydroxyl groups is 1. The number of nitrogens with two attached hydrogens (primary N) is 1. The van der Waals surface area contributed by atoms with Crippen LogP contribution in [0, 0.1) is 0 Å². The molecule has 0 saturated heterocycles. The summed E-state index contributed by atoms with van der Waals surface area (Å²) in [5.41, 5.74) is 5.34. The summed E-state index contributed by atoms with van der Waals surface area (Å²) in [5, 5.41) is 13.5. The van der Waals surface area contributed by atoms with Gasteiger partial charge in [-0.05, 0) is 77.0 Å². The van der Waals surface area contributed by atoms with Crippen LogP contribution in [0.25, 0.3) is 0 Å². The Morgan fingerprint density at radius 3 is 1.73 bits per heavy atom. The Kier molecular flexibility index (Phi) is 32.4. The van der Waals surface area contributed by atoms with Crippen LogP contribution in [0.4, 0.5) is 0 Å². The standard InChI is InChI=1S/C39H65N2O6P/c1-3-5-7-9-11-13-15-17-18-19-20-21-23-25-27-29-31-33-39(43)41-37(36-47-48(44,45)46-35-34-40)38(42)32-30-28-26-24-22-16-14-12-10-8-6-4-2/h5,7,10-13,17-18,20-22,24-25,27,30,32,37-38,42H,3-4,6,8-9,14-16,19,23,26,28-29,31,33-36,40H2,1-2H3,(H,41,43)(H,44,45)/b7-5-,12-10+,13-11-,18-17-,21-20-,24-22+,27-25-,32-30+. The first kappa shape index (κ1) is 45.4. The fraction of sp³-hybridized carbons (Fsp3) is 0.564. The lowest BCUT2D eigenvalue weighted by atomic mass is 10.1. The van der Waals surface area contributed by atoms with Crippen LogP contribution in [-0.4, -0.2) is 47.8 Å². The van der Waals surface area contributed by atoms with Crippen molar-refractivity contribution in [2.24, 2.45) is 5.73 Å². The van der Waals surface area contributed by atoms with E-state index in [1.807, 2.05) is 6.08 Å². The third kappa shape index (κ3) is 32.0. The second kappa shape index (κ2) is 34.3. The lowest BCUT2D eigenvalue weighted by Gasteiger charge is -2.23. The minimum absolute atomic E-state index is 0.0570. The Labute approximate surface area is 292 Å². The molecule has 0 aliphatic carbocycles. The number of aliphatic hydroxyl groups excluding tert-OH is 1. The van der Waals surface area contributed by atoms with Crippen LogP contribution in [0.15, 0.2) is 97.2 Å².